The summed E-state index contributed by atoms with van der Waals surface area (Å²) in [7, 11) is 0. The van der Waals surface area contributed by atoms with Gasteiger partial charge in [-0.1, -0.05) is 24.3 Å². The molecule has 0 aromatic heterocycles. The van der Waals surface area contributed by atoms with Crippen LogP contribution in [0.2, 0.25) is 0 Å². The van der Waals surface area contributed by atoms with Gasteiger partial charge in [0.05, 0.1) is 0 Å². The highest BCUT2D eigenvalue weighted by molar-refractivity contribution is 6.00. The first-order chi connectivity index (χ1) is 8.77. The molecule has 2 nitrogen and oxygen atoms in total. The summed E-state index contributed by atoms with van der Waals surface area (Å²) in [6, 6.07) is 0. The molecule has 3 aliphatic rings. The molecule has 0 heterocycles. The monoisotopic (exact) mass is 242 g/mol. The van der Waals surface area contributed by atoms with E-state index < -0.39 is 0 Å². The predicted octanol–water partition coefficient (Wildman–Crippen LogP) is 2.86. The minimum absolute atomic E-state index is 0.0811. The van der Waals surface area contributed by atoms with Gasteiger partial charge in [-0.3, -0.25) is 9.59 Å². The standard InChI is InChI=1S/C16H18O2/c17-13-9-3-7-11-5-1-2-6-12-8-4-10-14(18)16(12)15(11)13/h1-4,9-12,15-16H,5-8H2/b2-1-/t11-,12-,15+,16+/m1/s1. The van der Waals surface area contributed by atoms with E-state index in [0.29, 0.717) is 11.8 Å². The van der Waals surface area contributed by atoms with Gasteiger partial charge in [0, 0.05) is 11.8 Å². The number of ketones is 2. The van der Waals surface area contributed by atoms with Crippen molar-refractivity contribution < 1.29 is 9.59 Å². The summed E-state index contributed by atoms with van der Waals surface area (Å²) in [5.74, 6) is 0.814. The first kappa shape index (κ1) is 11.6. The zero-order chi connectivity index (χ0) is 12.5. The second-order valence-electron chi connectivity index (χ2n) is 5.60. The SMILES string of the molecule is O=C1C=CC[C@H]2C/C=C\C[C@@H]3CC=CC(=O)[C@H]3[C@H]12. The van der Waals surface area contributed by atoms with Gasteiger partial charge in [0.2, 0.25) is 0 Å². The van der Waals surface area contributed by atoms with Crippen LogP contribution in [-0.4, -0.2) is 11.6 Å². The van der Waals surface area contributed by atoms with Crippen LogP contribution in [-0.2, 0) is 9.59 Å². The van der Waals surface area contributed by atoms with E-state index >= 15 is 0 Å². The van der Waals surface area contributed by atoms with Gasteiger partial charge >= 0.3 is 0 Å². The number of carbonyl (C=O) groups excluding carboxylic acids is 2. The summed E-state index contributed by atoms with van der Waals surface area (Å²) in [5.41, 5.74) is 0. The number of carbonyl (C=O) groups is 2. The Labute approximate surface area is 107 Å². The number of hydrogen-bond acceptors (Lipinski definition) is 2. The Hall–Kier alpha value is -1.44. The molecule has 0 N–H and O–H groups in total. The maximum Gasteiger partial charge on any atom is 0.159 e. The lowest BCUT2D eigenvalue weighted by Crippen LogP contribution is -2.41. The van der Waals surface area contributed by atoms with E-state index in [1.54, 1.807) is 12.2 Å². The molecule has 0 spiro atoms. The Morgan fingerprint density at radius 3 is 1.50 bits per heavy atom. The summed E-state index contributed by atoms with van der Waals surface area (Å²) in [5, 5.41) is 0. The molecule has 0 unspecified atom stereocenters. The van der Waals surface area contributed by atoms with Crippen molar-refractivity contribution in [2.45, 2.75) is 25.7 Å². The largest absolute Gasteiger partial charge is 0.295 e. The Bertz CT molecular complexity index is 414. The first-order valence-electron chi connectivity index (χ1n) is 6.83. The zero-order valence-electron chi connectivity index (χ0n) is 10.4. The molecule has 0 aromatic carbocycles. The van der Waals surface area contributed by atoms with Crippen molar-refractivity contribution in [2.75, 3.05) is 0 Å². The third-order valence-corrected chi connectivity index (χ3v) is 4.55. The van der Waals surface area contributed by atoms with E-state index in [-0.39, 0.29) is 23.4 Å². The van der Waals surface area contributed by atoms with Crippen molar-refractivity contribution in [3.8, 4) is 0 Å². The Kier molecular flexibility index (Phi) is 3.02. The highest BCUT2D eigenvalue weighted by atomic mass is 16.1. The second-order valence-corrected chi connectivity index (χ2v) is 5.60. The third kappa shape index (κ3) is 1.90. The van der Waals surface area contributed by atoms with Crippen LogP contribution in [0.4, 0.5) is 0 Å². The minimum Gasteiger partial charge on any atom is -0.295 e. The lowest BCUT2D eigenvalue weighted by atomic mass is 9.63. The molecule has 0 amide bonds. The van der Waals surface area contributed by atoms with Crippen molar-refractivity contribution in [1.29, 1.82) is 0 Å². The first-order valence-corrected chi connectivity index (χ1v) is 6.83. The molecule has 3 rings (SSSR count). The summed E-state index contributed by atoms with van der Waals surface area (Å²) < 4.78 is 0. The van der Waals surface area contributed by atoms with Gasteiger partial charge < -0.3 is 0 Å². The topological polar surface area (TPSA) is 34.1 Å². The van der Waals surface area contributed by atoms with Crippen molar-refractivity contribution >= 4 is 11.6 Å². The predicted molar refractivity (Wildman–Crippen MR) is 69.9 cm³/mol. The third-order valence-electron chi connectivity index (χ3n) is 4.55. The van der Waals surface area contributed by atoms with Gasteiger partial charge in [-0.05, 0) is 49.7 Å². The van der Waals surface area contributed by atoms with Gasteiger partial charge in [0.1, 0.15) is 0 Å². The molecule has 2 heteroatoms. The maximum absolute atomic E-state index is 12.2. The molecule has 0 fully saturated rings. The number of fused-ring (bicyclic) bond motifs is 3. The molecule has 18 heavy (non-hydrogen) atoms. The zero-order valence-corrected chi connectivity index (χ0v) is 10.4. The lowest BCUT2D eigenvalue weighted by Gasteiger charge is -2.38. The highest BCUT2D eigenvalue weighted by Gasteiger charge is 2.43. The van der Waals surface area contributed by atoms with Gasteiger partial charge in [0.15, 0.2) is 11.6 Å². The fourth-order valence-corrected chi connectivity index (χ4v) is 3.67. The average molecular weight is 242 g/mol. The molecule has 0 saturated carbocycles. The Balaban J connectivity index is 2.01. The number of hydrogen-bond donors (Lipinski definition) is 0. The summed E-state index contributed by atoms with van der Waals surface area (Å²) in [4.78, 5) is 24.4. The smallest absolute Gasteiger partial charge is 0.159 e. The van der Waals surface area contributed by atoms with Gasteiger partial charge in [-0.2, -0.15) is 0 Å². The molecule has 3 aliphatic carbocycles. The van der Waals surface area contributed by atoms with E-state index in [9.17, 15) is 9.59 Å². The molecule has 0 radical (unpaired) electrons. The van der Waals surface area contributed by atoms with Crippen molar-refractivity contribution in [3.63, 3.8) is 0 Å². The molecule has 0 saturated heterocycles. The van der Waals surface area contributed by atoms with Crippen LogP contribution in [0.25, 0.3) is 0 Å². The van der Waals surface area contributed by atoms with Gasteiger partial charge in [-0.15, -0.1) is 0 Å². The number of rotatable bonds is 0. The van der Waals surface area contributed by atoms with Crippen molar-refractivity contribution in [3.05, 3.63) is 36.5 Å². The Morgan fingerprint density at radius 1 is 0.667 bits per heavy atom. The van der Waals surface area contributed by atoms with Gasteiger partial charge in [-0.25, -0.2) is 0 Å². The van der Waals surface area contributed by atoms with Crippen LogP contribution in [0.15, 0.2) is 36.5 Å². The summed E-state index contributed by atoms with van der Waals surface area (Å²) in [6.45, 7) is 0. The molecule has 4 atom stereocenters. The second kappa shape index (κ2) is 4.68. The molecule has 0 aromatic rings. The average Bonchev–Trinajstić information content (AvgIpc) is 2.33. The van der Waals surface area contributed by atoms with Gasteiger partial charge in [0.25, 0.3) is 0 Å². The van der Waals surface area contributed by atoms with Crippen LogP contribution in [0, 0.1) is 23.7 Å². The van der Waals surface area contributed by atoms with Crippen molar-refractivity contribution in [2.24, 2.45) is 23.7 Å². The van der Waals surface area contributed by atoms with E-state index in [0.717, 1.165) is 25.7 Å². The fourth-order valence-electron chi connectivity index (χ4n) is 3.67. The highest BCUT2D eigenvalue weighted by Crippen LogP contribution is 2.42. The van der Waals surface area contributed by atoms with Crippen LogP contribution >= 0.6 is 0 Å². The fraction of sp³-hybridized carbons (Fsp3) is 0.500. The molecule has 0 bridgehead atoms. The summed E-state index contributed by atoms with van der Waals surface area (Å²) >= 11 is 0. The maximum atomic E-state index is 12.2. The van der Waals surface area contributed by atoms with Crippen LogP contribution in [0.1, 0.15) is 25.7 Å². The quantitative estimate of drug-likeness (QED) is 0.612. The Morgan fingerprint density at radius 2 is 1.06 bits per heavy atom. The van der Waals surface area contributed by atoms with E-state index in [2.05, 4.69) is 12.2 Å². The lowest BCUT2D eigenvalue weighted by molar-refractivity contribution is -0.132. The van der Waals surface area contributed by atoms with Crippen molar-refractivity contribution in [1.82, 2.24) is 0 Å². The normalized spacial score (nSPS) is 40.7. The molecule has 94 valence electrons. The molecular weight excluding hydrogens is 224 g/mol. The van der Waals surface area contributed by atoms with Crippen LogP contribution < -0.4 is 0 Å². The van der Waals surface area contributed by atoms with Crippen LogP contribution in [0.3, 0.4) is 0 Å². The van der Waals surface area contributed by atoms with E-state index in [1.165, 1.54) is 0 Å². The molecule has 0 aliphatic heterocycles. The summed E-state index contributed by atoms with van der Waals surface area (Å²) in [6.07, 6.45) is 15.4. The van der Waals surface area contributed by atoms with Crippen LogP contribution in [0.5, 0.6) is 0 Å². The van der Waals surface area contributed by atoms with E-state index in [4.69, 9.17) is 0 Å². The van der Waals surface area contributed by atoms with E-state index in [1.807, 2.05) is 12.2 Å². The minimum atomic E-state index is -0.0811. The number of allylic oxidation sites excluding steroid dienone is 6. The molecular formula is C16H18O2.